The summed E-state index contributed by atoms with van der Waals surface area (Å²) in [7, 11) is 0. The molecule has 2 saturated heterocycles. The van der Waals surface area contributed by atoms with Crippen LogP contribution in [0.3, 0.4) is 0 Å². The minimum Gasteiger partial charge on any atom is -0.463 e. The van der Waals surface area contributed by atoms with E-state index in [0.29, 0.717) is 32.5 Å². The molecule has 9 heteroatoms. The molecule has 3 fully saturated rings. The summed E-state index contributed by atoms with van der Waals surface area (Å²) in [5, 5.41) is 10.7. The van der Waals surface area contributed by atoms with Crippen LogP contribution in [0.25, 0.3) is 0 Å². The molecular weight excluding hydrogens is 579 g/mol. The maximum Gasteiger partial charge on any atom is 0.335 e. The lowest BCUT2D eigenvalue weighted by Gasteiger charge is -2.58. The predicted molar refractivity (Wildman–Crippen MR) is 138 cm³/mol. The number of ether oxygens (including phenoxy) is 5. The quantitative estimate of drug-likeness (QED) is 0.252. The molecule has 5 aliphatic rings. The van der Waals surface area contributed by atoms with E-state index in [4.69, 9.17) is 23.7 Å². The monoisotopic (exact) mass is 614 g/mol. The van der Waals surface area contributed by atoms with Crippen molar-refractivity contribution in [1.29, 1.82) is 0 Å². The van der Waals surface area contributed by atoms with E-state index in [1.807, 2.05) is 19.9 Å². The van der Waals surface area contributed by atoms with Gasteiger partial charge in [-0.3, -0.25) is 0 Å². The highest BCUT2D eigenvalue weighted by Gasteiger charge is 2.83. The highest BCUT2D eigenvalue weighted by atomic mass is 127. The van der Waals surface area contributed by atoms with Crippen molar-refractivity contribution in [2.45, 2.75) is 82.6 Å². The van der Waals surface area contributed by atoms with E-state index in [1.165, 1.54) is 9.66 Å². The molecule has 0 radical (unpaired) electrons. The molecule has 4 unspecified atom stereocenters. The van der Waals surface area contributed by atoms with Gasteiger partial charge in [0.25, 0.3) is 0 Å². The lowest BCUT2D eigenvalue weighted by Crippen LogP contribution is -2.66. The first-order valence-electron chi connectivity index (χ1n) is 12.8. The lowest BCUT2D eigenvalue weighted by atomic mass is 9.52. The number of hydrogen-bond acceptors (Lipinski definition) is 8. The van der Waals surface area contributed by atoms with Gasteiger partial charge in [-0.1, -0.05) is 32.1 Å². The molecule has 0 aromatic carbocycles. The average molecular weight is 614 g/mol. The largest absolute Gasteiger partial charge is 0.463 e. The van der Waals surface area contributed by atoms with E-state index >= 15 is 0 Å². The Bertz CT molecular complexity index is 986. The molecule has 0 amide bonds. The number of esters is 2. The van der Waals surface area contributed by atoms with Gasteiger partial charge in [-0.05, 0) is 64.4 Å². The van der Waals surface area contributed by atoms with Gasteiger partial charge in [0, 0.05) is 24.5 Å². The summed E-state index contributed by atoms with van der Waals surface area (Å²) in [4.78, 5) is 25.9. The fraction of sp³-hybridized carbons (Fsp3) is 0.704. The van der Waals surface area contributed by atoms with Crippen molar-refractivity contribution in [3.8, 4) is 0 Å². The molecule has 9 atom stereocenters. The summed E-state index contributed by atoms with van der Waals surface area (Å²) in [5.41, 5.74) is -1.88. The van der Waals surface area contributed by atoms with Crippen LogP contribution < -0.4 is 0 Å². The van der Waals surface area contributed by atoms with Gasteiger partial charge >= 0.3 is 11.9 Å². The lowest BCUT2D eigenvalue weighted by molar-refractivity contribution is -0.234. The summed E-state index contributed by atoms with van der Waals surface area (Å²) in [6.45, 7) is 6.76. The average Bonchev–Trinajstić information content (AvgIpc) is 3.62. The number of halogens is 1. The van der Waals surface area contributed by atoms with Crippen LogP contribution in [0.15, 0.2) is 34.0 Å². The molecule has 1 saturated carbocycles. The molecule has 0 aromatic rings. The Hall–Kier alpha value is -1.27. The number of epoxide rings is 1. The molecule has 5 rings (SSSR count). The van der Waals surface area contributed by atoms with E-state index in [2.05, 4.69) is 35.6 Å². The van der Waals surface area contributed by atoms with Gasteiger partial charge in [-0.15, -0.1) is 0 Å². The maximum absolute atomic E-state index is 13.0. The molecule has 2 aliphatic carbocycles. The number of rotatable bonds is 0. The first kappa shape index (κ1) is 26.3. The summed E-state index contributed by atoms with van der Waals surface area (Å²) >= 11 is 2.33. The fourth-order valence-corrected chi connectivity index (χ4v) is 7.26. The standard InChI is InChI=1S/C27H35IO8/c1-16-9-11-32-17(2)6-4-5-7-22(29)36-19-13-21-27(15-34-27)25(19,3)26(14-33-24(31)23(16)30)10-8-18(28)12-20(26)35-21/h4-7,12,16-17,19-21,23,30H,8-11,13-15H2,1-3H3/b6-4+,7-5-/t16?,17?,19-,20?,21+,23+,25+,26+,27?/m0/s1. The van der Waals surface area contributed by atoms with E-state index in [-0.39, 0.29) is 30.8 Å². The van der Waals surface area contributed by atoms with E-state index < -0.39 is 40.6 Å². The number of cyclic esters (lactones) is 1. The smallest absolute Gasteiger partial charge is 0.335 e. The highest BCUT2D eigenvalue weighted by Crippen LogP contribution is 2.72. The number of hydrogen-bond donors (Lipinski definition) is 1. The zero-order valence-corrected chi connectivity index (χ0v) is 23.1. The number of aliphatic hydroxyl groups excluding tert-OH is 1. The van der Waals surface area contributed by atoms with Crippen LogP contribution in [0, 0.1) is 16.7 Å². The van der Waals surface area contributed by atoms with Gasteiger partial charge in [0.05, 0.1) is 30.3 Å². The minimum absolute atomic E-state index is 0.0508. The van der Waals surface area contributed by atoms with Crippen LogP contribution in [0.4, 0.5) is 0 Å². The Morgan fingerprint density at radius 1 is 1.14 bits per heavy atom. The molecule has 8 nitrogen and oxygen atoms in total. The van der Waals surface area contributed by atoms with Crippen molar-refractivity contribution in [1.82, 2.24) is 0 Å². The van der Waals surface area contributed by atoms with Crippen molar-refractivity contribution >= 4 is 34.5 Å². The van der Waals surface area contributed by atoms with E-state index in [1.54, 1.807) is 12.2 Å². The summed E-state index contributed by atoms with van der Waals surface area (Å²) < 4.78 is 31.6. The van der Waals surface area contributed by atoms with Gasteiger partial charge in [0.2, 0.25) is 0 Å². The van der Waals surface area contributed by atoms with Crippen molar-refractivity contribution in [2.24, 2.45) is 16.7 Å². The third-order valence-corrected chi connectivity index (χ3v) is 10.0. The molecule has 2 spiro atoms. The van der Waals surface area contributed by atoms with Crippen molar-refractivity contribution < 1.29 is 38.4 Å². The molecule has 1 N–H and O–H groups in total. The van der Waals surface area contributed by atoms with Gasteiger partial charge in [-0.2, -0.15) is 0 Å². The second-order valence-corrected chi connectivity index (χ2v) is 12.4. The maximum atomic E-state index is 13.0. The van der Waals surface area contributed by atoms with Crippen LogP contribution in [-0.4, -0.2) is 73.0 Å². The molecule has 3 heterocycles. The van der Waals surface area contributed by atoms with Crippen LogP contribution in [0.2, 0.25) is 0 Å². The summed E-state index contributed by atoms with van der Waals surface area (Å²) in [5.74, 6) is -1.41. The SMILES string of the molecule is CC1/C=C/C=C\C(=O)O[C@H]2C[C@H]3OC4C=C(I)CC[C@]4(COC(=O)[C@H](O)C(C)CCO1)[C@]2(C)C31CO1. The normalized spacial score (nSPS) is 49.1. The van der Waals surface area contributed by atoms with Crippen molar-refractivity contribution in [3.63, 3.8) is 0 Å². The Labute approximate surface area is 225 Å². The minimum atomic E-state index is -1.26. The number of aliphatic hydroxyl groups is 1. The van der Waals surface area contributed by atoms with E-state index in [9.17, 15) is 14.7 Å². The van der Waals surface area contributed by atoms with Crippen LogP contribution in [0.1, 0.15) is 46.5 Å². The zero-order chi connectivity index (χ0) is 25.7. The van der Waals surface area contributed by atoms with E-state index in [0.717, 1.165) is 6.42 Å². The first-order valence-corrected chi connectivity index (χ1v) is 13.9. The highest BCUT2D eigenvalue weighted by molar-refractivity contribution is 14.1. The fourth-order valence-electron chi connectivity index (χ4n) is 6.67. The summed E-state index contributed by atoms with van der Waals surface area (Å²) in [6, 6.07) is 0. The Kier molecular flexibility index (Phi) is 7.17. The topological polar surface area (TPSA) is 104 Å². The van der Waals surface area contributed by atoms with Gasteiger partial charge in [-0.25, -0.2) is 9.59 Å². The third-order valence-electron chi connectivity index (χ3n) is 9.15. The number of carbonyl (C=O) groups excluding carboxylic acids is 2. The molecule has 3 aliphatic heterocycles. The zero-order valence-electron chi connectivity index (χ0n) is 21.0. The molecule has 36 heavy (non-hydrogen) atoms. The van der Waals surface area contributed by atoms with Gasteiger partial charge in [0.1, 0.15) is 18.3 Å². The predicted octanol–water partition coefficient (Wildman–Crippen LogP) is 3.41. The van der Waals surface area contributed by atoms with Crippen LogP contribution in [-0.2, 0) is 33.3 Å². The third kappa shape index (κ3) is 4.19. The van der Waals surface area contributed by atoms with Crippen molar-refractivity contribution in [2.75, 3.05) is 19.8 Å². The second-order valence-electron chi connectivity index (χ2n) is 11.0. The second kappa shape index (κ2) is 9.80. The number of allylic oxidation sites excluding steroid dienone is 3. The first-order chi connectivity index (χ1) is 17.1. The molecule has 198 valence electrons. The molecule has 2 bridgehead atoms. The Morgan fingerprint density at radius 2 is 1.92 bits per heavy atom. The Balaban J connectivity index is 1.52. The molecular formula is C27H35IO8. The Morgan fingerprint density at radius 3 is 2.67 bits per heavy atom. The molecule has 0 aromatic heterocycles. The van der Waals surface area contributed by atoms with Crippen LogP contribution in [0.5, 0.6) is 0 Å². The summed E-state index contributed by atoms with van der Waals surface area (Å²) in [6.07, 6.45) is 8.87. The number of carbonyl (C=O) groups is 2. The van der Waals surface area contributed by atoms with Gasteiger partial charge in [0.15, 0.2) is 6.10 Å². The van der Waals surface area contributed by atoms with Crippen molar-refractivity contribution in [3.05, 3.63) is 34.0 Å². The van der Waals surface area contributed by atoms with Gasteiger partial charge < -0.3 is 28.8 Å². The van der Waals surface area contributed by atoms with Crippen LogP contribution >= 0.6 is 22.6 Å².